The molecule has 2 N–H and O–H groups in total. The van der Waals surface area contributed by atoms with Crippen LogP contribution in [0.4, 0.5) is 4.39 Å². The summed E-state index contributed by atoms with van der Waals surface area (Å²) < 4.78 is 18.9. The lowest BCUT2D eigenvalue weighted by atomic mass is 10.1. The number of aromatic amines is 1. The molecule has 0 unspecified atom stereocenters. The first-order chi connectivity index (χ1) is 13.4. The smallest absolute Gasteiger partial charge is 0.225 e. The normalized spacial score (nSPS) is 17.1. The molecule has 1 fully saturated rings. The van der Waals surface area contributed by atoms with Gasteiger partial charge < -0.3 is 19.9 Å². The fraction of sp³-hybridized carbons (Fsp3) is 0.524. The SMILES string of the molecule is CC(C)OCCCNC(=O)[C@@H]1CC(=O)N(CCc2c[nH]c3ccc(F)cc23)C1. The van der Waals surface area contributed by atoms with E-state index in [4.69, 9.17) is 4.74 Å². The van der Waals surface area contributed by atoms with Crippen molar-refractivity contribution < 1.29 is 18.7 Å². The van der Waals surface area contributed by atoms with E-state index in [-0.39, 0.29) is 36.1 Å². The van der Waals surface area contributed by atoms with E-state index < -0.39 is 0 Å². The fourth-order valence-electron chi connectivity index (χ4n) is 3.52. The first-order valence-electron chi connectivity index (χ1n) is 9.86. The van der Waals surface area contributed by atoms with E-state index in [1.165, 1.54) is 12.1 Å². The number of hydrogen-bond donors (Lipinski definition) is 2. The lowest BCUT2D eigenvalue weighted by molar-refractivity contribution is -0.129. The maximum Gasteiger partial charge on any atom is 0.225 e. The highest BCUT2D eigenvalue weighted by Gasteiger charge is 2.33. The summed E-state index contributed by atoms with van der Waals surface area (Å²) in [4.78, 5) is 29.4. The number of benzene rings is 1. The second kappa shape index (κ2) is 9.19. The highest BCUT2D eigenvalue weighted by Crippen LogP contribution is 2.22. The third kappa shape index (κ3) is 5.10. The molecule has 1 aromatic heterocycles. The zero-order valence-electron chi connectivity index (χ0n) is 16.5. The molecule has 152 valence electrons. The Balaban J connectivity index is 1.46. The highest BCUT2D eigenvalue weighted by atomic mass is 19.1. The first-order valence-corrected chi connectivity index (χ1v) is 9.86. The van der Waals surface area contributed by atoms with E-state index in [2.05, 4.69) is 10.3 Å². The zero-order valence-corrected chi connectivity index (χ0v) is 16.5. The molecule has 28 heavy (non-hydrogen) atoms. The van der Waals surface area contributed by atoms with Gasteiger partial charge in [0.2, 0.25) is 11.8 Å². The number of carbonyl (C=O) groups excluding carboxylic acids is 2. The monoisotopic (exact) mass is 389 g/mol. The molecule has 2 aromatic rings. The molecule has 1 saturated heterocycles. The molecule has 7 heteroatoms. The number of amides is 2. The number of nitrogens with one attached hydrogen (secondary N) is 2. The number of H-pyrrole nitrogens is 1. The second-order valence-corrected chi connectivity index (χ2v) is 7.56. The maximum absolute atomic E-state index is 13.5. The van der Waals surface area contributed by atoms with Gasteiger partial charge in [-0.1, -0.05) is 0 Å². The van der Waals surface area contributed by atoms with Gasteiger partial charge in [0.15, 0.2) is 0 Å². The first kappa shape index (κ1) is 20.3. The minimum Gasteiger partial charge on any atom is -0.379 e. The van der Waals surface area contributed by atoms with Gasteiger partial charge in [-0.15, -0.1) is 0 Å². The lowest BCUT2D eigenvalue weighted by Crippen LogP contribution is -2.34. The Morgan fingerprint density at radius 1 is 1.43 bits per heavy atom. The molecule has 1 aromatic carbocycles. The van der Waals surface area contributed by atoms with Crippen molar-refractivity contribution in [1.82, 2.24) is 15.2 Å². The minimum absolute atomic E-state index is 0.00527. The molecular formula is C21H28FN3O3. The fourth-order valence-corrected chi connectivity index (χ4v) is 3.52. The number of nitrogens with zero attached hydrogens (tertiary/aromatic N) is 1. The van der Waals surface area contributed by atoms with Crippen LogP contribution in [0.3, 0.4) is 0 Å². The summed E-state index contributed by atoms with van der Waals surface area (Å²) in [7, 11) is 0. The van der Waals surface area contributed by atoms with Crippen LogP contribution in [-0.4, -0.2) is 54.0 Å². The molecule has 2 heterocycles. The van der Waals surface area contributed by atoms with Crippen molar-refractivity contribution in [2.24, 2.45) is 5.92 Å². The Kier molecular flexibility index (Phi) is 6.67. The van der Waals surface area contributed by atoms with Crippen LogP contribution in [0.1, 0.15) is 32.3 Å². The Morgan fingerprint density at radius 3 is 3.04 bits per heavy atom. The van der Waals surface area contributed by atoms with Crippen LogP contribution in [0.5, 0.6) is 0 Å². The van der Waals surface area contributed by atoms with Crippen molar-refractivity contribution in [2.45, 2.75) is 39.2 Å². The molecule has 0 bridgehead atoms. The molecular weight excluding hydrogens is 361 g/mol. The summed E-state index contributed by atoms with van der Waals surface area (Å²) in [5.41, 5.74) is 1.85. The van der Waals surface area contributed by atoms with Gasteiger partial charge in [-0.25, -0.2) is 4.39 Å². The third-order valence-electron chi connectivity index (χ3n) is 5.04. The van der Waals surface area contributed by atoms with E-state index >= 15 is 0 Å². The van der Waals surface area contributed by atoms with Crippen molar-refractivity contribution in [2.75, 3.05) is 26.2 Å². The summed E-state index contributed by atoms with van der Waals surface area (Å²) in [6.45, 7) is 6.07. The van der Waals surface area contributed by atoms with Gasteiger partial charge in [-0.05, 0) is 50.5 Å². The molecule has 6 nitrogen and oxygen atoms in total. The standard InChI is InChI=1S/C21H28FN3O3/c1-14(2)28-9-3-7-23-21(27)16-10-20(26)25(13-16)8-6-15-12-24-19-5-4-17(22)11-18(15)19/h4-5,11-12,14,16,24H,3,6-10,13H2,1-2H3,(H,23,27)/t16-/m1/s1. The lowest BCUT2D eigenvalue weighted by Gasteiger charge is -2.16. The van der Waals surface area contributed by atoms with Gasteiger partial charge >= 0.3 is 0 Å². The Bertz CT molecular complexity index is 833. The molecule has 3 rings (SSSR count). The largest absolute Gasteiger partial charge is 0.379 e. The van der Waals surface area contributed by atoms with E-state index in [0.29, 0.717) is 32.7 Å². The van der Waals surface area contributed by atoms with Crippen molar-refractivity contribution >= 4 is 22.7 Å². The predicted molar refractivity (Wildman–Crippen MR) is 105 cm³/mol. The van der Waals surface area contributed by atoms with Gasteiger partial charge in [-0.3, -0.25) is 9.59 Å². The van der Waals surface area contributed by atoms with Gasteiger partial charge in [0.25, 0.3) is 0 Å². The molecule has 0 aliphatic carbocycles. The van der Waals surface area contributed by atoms with Crippen LogP contribution >= 0.6 is 0 Å². The van der Waals surface area contributed by atoms with Gasteiger partial charge in [-0.2, -0.15) is 0 Å². The quantitative estimate of drug-likeness (QED) is 0.648. The summed E-state index contributed by atoms with van der Waals surface area (Å²) in [6, 6.07) is 4.64. The minimum atomic E-state index is -0.307. The van der Waals surface area contributed by atoms with E-state index in [0.717, 1.165) is 22.9 Å². The number of fused-ring (bicyclic) bond motifs is 1. The Hall–Kier alpha value is -2.41. The van der Waals surface area contributed by atoms with Crippen LogP contribution in [-0.2, 0) is 20.7 Å². The van der Waals surface area contributed by atoms with Crippen LogP contribution in [0.2, 0.25) is 0 Å². The van der Waals surface area contributed by atoms with Crippen molar-refractivity contribution in [3.8, 4) is 0 Å². The van der Waals surface area contributed by atoms with Crippen LogP contribution in [0.15, 0.2) is 24.4 Å². The average Bonchev–Trinajstić information content (AvgIpc) is 3.22. The molecule has 0 saturated carbocycles. The summed E-state index contributed by atoms with van der Waals surface area (Å²) >= 11 is 0. The highest BCUT2D eigenvalue weighted by molar-refractivity contribution is 5.89. The van der Waals surface area contributed by atoms with Gasteiger partial charge in [0, 0.05) is 49.8 Å². The Labute approximate surface area is 164 Å². The molecule has 0 radical (unpaired) electrons. The van der Waals surface area contributed by atoms with E-state index in [1.807, 2.05) is 20.0 Å². The molecule has 1 atom stereocenters. The number of rotatable bonds is 9. The van der Waals surface area contributed by atoms with Crippen LogP contribution in [0.25, 0.3) is 10.9 Å². The van der Waals surface area contributed by atoms with Gasteiger partial charge in [0.1, 0.15) is 5.82 Å². The average molecular weight is 389 g/mol. The van der Waals surface area contributed by atoms with E-state index in [9.17, 15) is 14.0 Å². The maximum atomic E-state index is 13.5. The van der Waals surface area contributed by atoms with Crippen LogP contribution < -0.4 is 5.32 Å². The number of likely N-dealkylation sites (tertiary alicyclic amines) is 1. The summed E-state index contributed by atoms with van der Waals surface area (Å²) in [5, 5.41) is 3.73. The third-order valence-corrected chi connectivity index (χ3v) is 5.04. The van der Waals surface area contributed by atoms with Crippen molar-refractivity contribution in [3.05, 3.63) is 35.8 Å². The second-order valence-electron chi connectivity index (χ2n) is 7.56. The van der Waals surface area contributed by atoms with Gasteiger partial charge in [0.05, 0.1) is 12.0 Å². The molecule has 1 aliphatic rings. The van der Waals surface area contributed by atoms with Crippen molar-refractivity contribution in [3.63, 3.8) is 0 Å². The topological polar surface area (TPSA) is 74.4 Å². The van der Waals surface area contributed by atoms with Crippen LogP contribution in [0, 0.1) is 11.7 Å². The number of carbonyl (C=O) groups is 2. The summed E-state index contributed by atoms with van der Waals surface area (Å²) in [6.07, 6.45) is 3.66. The number of aromatic nitrogens is 1. The number of ether oxygens (including phenoxy) is 1. The zero-order chi connectivity index (χ0) is 20.1. The van der Waals surface area contributed by atoms with Crippen molar-refractivity contribution in [1.29, 1.82) is 0 Å². The Morgan fingerprint density at radius 2 is 2.25 bits per heavy atom. The molecule has 0 spiro atoms. The number of halogens is 1. The van der Waals surface area contributed by atoms with E-state index in [1.54, 1.807) is 11.0 Å². The number of hydrogen-bond acceptors (Lipinski definition) is 3. The molecule has 2 amide bonds. The summed E-state index contributed by atoms with van der Waals surface area (Å²) in [5.74, 6) is -0.663. The molecule has 1 aliphatic heterocycles. The predicted octanol–water partition coefficient (Wildman–Crippen LogP) is 2.63.